The summed E-state index contributed by atoms with van der Waals surface area (Å²) in [7, 11) is -3.03. The van der Waals surface area contributed by atoms with Crippen molar-refractivity contribution in [3.05, 3.63) is 76.6 Å². The molecule has 11 heteroatoms. The second-order valence-electron chi connectivity index (χ2n) is 10.0. The molecule has 4 aromatic rings. The third-order valence-corrected chi connectivity index (χ3v) is 8.32. The van der Waals surface area contributed by atoms with E-state index in [9.17, 15) is 13.2 Å². The van der Waals surface area contributed by atoms with Crippen LogP contribution in [0, 0.1) is 0 Å². The summed E-state index contributed by atoms with van der Waals surface area (Å²) in [6.07, 6.45) is 2.60. The highest BCUT2D eigenvalue weighted by molar-refractivity contribution is 7.91. The fraction of sp³-hybridized carbons (Fsp3) is 0.357. The molecule has 10 nitrogen and oxygen atoms in total. The molecule has 1 fully saturated rings. The minimum atomic E-state index is -3.03. The van der Waals surface area contributed by atoms with Crippen LogP contribution in [0.4, 0.5) is 5.69 Å². The molecule has 0 N–H and O–H groups in total. The molecule has 1 aliphatic heterocycles. The van der Waals surface area contributed by atoms with E-state index in [-0.39, 0.29) is 29.3 Å². The summed E-state index contributed by atoms with van der Waals surface area (Å²) in [6, 6.07) is 18.3. The van der Waals surface area contributed by atoms with Crippen molar-refractivity contribution in [2.24, 2.45) is 0 Å². The van der Waals surface area contributed by atoms with Crippen LogP contribution in [-0.2, 0) is 16.4 Å². The SMILES string of the molecule is CC(C)Oc1ccc(-c2nnc(-c3ccc(=O)n(Cc4cccc(N5CCC(S(C)(=O)=O)CC5)c4)n3)o2)cc1. The standard InChI is InChI=1S/C28H31N5O5S/c1-19(2)37-23-9-7-21(8-10-23)27-29-30-28(38-27)25-11-12-26(34)33(31-25)18-20-5-4-6-22(17-20)32-15-13-24(14-16-32)39(3,35)36/h4-12,17,19,24H,13-16,18H2,1-3H3. The van der Waals surface area contributed by atoms with Gasteiger partial charge in [0.05, 0.1) is 17.9 Å². The number of nitrogens with zero attached hydrogens (tertiary/aromatic N) is 5. The van der Waals surface area contributed by atoms with Gasteiger partial charge in [0.2, 0.25) is 5.89 Å². The highest BCUT2D eigenvalue weighted by Crippen LogP contribution is 2.26. The van der Waals surface area contributed by atoms with E-state index in [0.29, 0.717) is 37.5 Å². The summed E-state index contributed by atoms with van der Waals surface area (Å²) >= 11 is 0. The average molecular weight is 550 g/mol. The molecule has 0 amide bonds. The Morgan fingerprint density at radius 3 is 2.41 bits per heavy atom. The number of ether oxygens (including phenoxy) is 1. The molecule has 3 heterocycles. The van der Waals surface area contributed by atoms with Crippen molar-refractivity contribution in [3.63, 3.8) is 0 Å². The van der Waals surface area contributed by atoms with E-state index in [1.165, 1.54) is 17.0 Å². The van der Waals surface area contributed by atoms with Gasteiger partial charge in [0.15, 0.2) is 0 Å². The van der Waals surface area contributed by atoms with Gasteiger partial charge in [-0.15, -0.1) is 10.2 Å². The quantitative estimate of drug-likeness (QED) is 0.323. The molecule has 1 saturated heterocycles. The van der Waals surface area contributed by atoms with Gasteiger partial charge in [-0.1, -0.05) is 12.1 Å². The minimum absolute atomic E-state index is 0.0783. The molecule has 39 heavy (non-hydrogen) atoms. The first-order valence-corrected chi connectivity index (χ1v) is 14.8. The average Bonchev–Trinajstić information content (AvgIpc) is 3.40. The summed E-state index contributed by atoms with van der Waals surface area (Å²) < 4.78 is 36.7. The van der Waals surface area contributed by atoms with Gasteiger partial charge in [-0.2, -0.15) is 5.10 Å². The number of rotatable bonds is 8. The van der Waals surface area contributed by atoms with Crippen LogP contribution in [0.1, 0.15) is 32.3 Å². The largest absolute Gasteiger partial charge is 0.491 e. The van der Waals surface area contributed by atoms with Crippen molar-refractivity contribution in [2.75, 3.05) is 24.2 Å². The zero-order valence-electron chi connectivity index (χ0n) is 22.1. The maximum atomic E-state index is 12.6. The molecule has 5 rings (SSSR count). The van der Waals surface area contributed by atoms with E-state index in [2.05, 4.69) is 20.2 Å². The van der Waals surface area contributed by atoms with Crippen molar-refractivity contribution in [3.8, 4) is 28.8 Å². The summed E-state index contributed by atoms with van der Waals surface area (Å²) in [6.45, 7) is 5.53. The van der Waals surface area contributed by atoms with Gasteiger partial charge in [-0.05, 0) is 74.7 Å². The maximum absolute atomic E-state index is 12.6. The number of hydrogen-bond acceptors (Lipinski definition) is 9. The molecule has 204 valence electrons. The predicted molar refractivity (Wildman–Crippen MR) is 149 cm³/mol. The molecule has 0 spiro atoms. The predicted octanol–water partition coefficient (Wildman–Crippen LogP) is 3.81. The molecular formula is C28H31N5O5S. The second-order valence-corrected chi connectivity index (χ2v) is 12.3. The lowest BCUT2D eigenvalue weighted by Gasteiger charge is -2.33. The van der Waals surface area contributed by atoms with E-state index in [1.54, 1.807) is 6.07 Å². The van der Waals surface area contributed by atoms with Crippen molar-refractivity contribution >= 4 is 15.5 Å². The lowest BCUT2D eigenvalue weighted by Crippen LogP contribution is -2.39. The van der Waals surface area contributed by atoms with E-state index < -0.39 is 9.84 Å². The molecule has 0 atom stereocenters. The van der Waals surface area contributed by atoms with Crippen molar-refractivity contribution < 1.29 is 17.6 Å². The third kappa shape index (κ3) is 6.36. The number of hydrogen-bond donors (Lipinski definition) is 0. The summed E-state index contributed by atoms with van der Waals surface area (Å²) in [5.74, 6) is 1.31. The smallest absolute Gasteiger partial charge is 0.268 e. The van der Waals surface area contributed by atoms with Crippen LogP contribution in [0.5, 0.6) is 5.75 Å². The number of anilines is 1. The number of aromatic nitrogens is 4. The van der Waals surface area contributed by atoms with Crippen LogP contribution in [0.2, 0.25) is 0 Å². The number of benzene rings is 2. The van der Waals surface area contributed by atoms with Gasteiger partial charge in [0.1, 0.15) is 21.3 Å². The fourth-order valence-electron chi connectivity index (χ4n) is 4.63. The Kier molecular flexibility index (Phi) is 7.51. The van der Waals surface area contributed by atoms with Crippen LogP contribution in [0.3, 0.4) is 0 Å². The van der Waals surface area contributed by atoms with Crippen LogP contribution >= 0.6 is 0 Å². The Morgan fingerprint density at radius 2 is 1.72 bits per heavy atom. The van der Waals surface area contributed by atoms with Crippen molar-refractivity contribution in [1.29, 1.82) is 0 Å². The van der Waals surface area contributed by atoms with E-state index in [1.807, 2.05) is 62.4 Å². The lowest BCUT2D eigenvalue weighted by atomic mass is 10.1. The Hall–Kier alpha value is -3.99. The van der Waals surface area contributed by atoms with Crippen LogP contribution in [0.15, 0.2) is 69.9 Å². The Bertz CT molecular complexity index is 1600. The van der Waals surface area contributed by atoms with Crippen molar-refractivity contribution in [1.82, 2.24) is 20.0 Å². The van der Waals surface area contributed by atoms with Crippen LogP contribution in [-0.4, -0.2) is 59.1 Å². The summed E-state index contributed by atoms with van der Waals surface area (Å²) in [4.78, 5) is 14.8. The van der Waals surface area contributed by atoms with Gasteiger partial charge in [0.25, 0.3) is 11.4 Å². The molecule has 0 radical (unpaired) electrons. The first kappa shape index (κ1) is 26.6. The summed E-state index contributed by atoms with van der Waals surface area (Å²) in [5.41, 5.74) is 2.79. The molecule has 0 unspecified atom stereocenters. The molecular weight excluding hydrogens is 518 g/mol. The van der Waals surface area contributed by atoms with Gasteiger partial charge in [0, 0.05) is 36.7 Å². The fourth-order valence-corrected chi connectivity index (χ4v) is 5.70. The van der Waals surface area contributed by atoms with Gasteiger partial charge >= 0.3 is 0 Å². The van der Waals surface area contributed by atoms with Crippen LogP contribution in [0.25, 0.3) is 23.0 Å². The molecule has 0 aliphatic carbocycles. The second kappa shape index (κ2) is 11.0. The monoisotopic (exact) mass is 549 g/mol. The van der Waals surface area contributed by atoms with Crippen molar-refractivity contribution in [2.45, 2.75) is 44.6 Å². The normalized spacial score (nSPS) is 14.6. The highest BCUT2D eigenvalue weighted by atomic mass is 32.2. The Balaban J connectivity index is 1.31. The molecule has 1 aliphatic rings. The molecule has 2 aromatic carbocycles. The molecule has 2 aromatic heterocycles. The van der Waals surface area contributed by atoms with Crippen LogP contribution < -0.4 is 15.2 Å². The summed E-state index contributed by atoms with van der Waals surface area (Å²) in [5, 5.41) is 12.5. The molecule has 0 bridgehead atoms. The third-order valence-electron chi connectivity index (χ3n) is 6.64. The van der Waals surface area contributed by atoms with E-state index in [0.717, 1.165) is 22.6 Å². The molecule has 0 saturated carbocycles. The zero-order valence-corrected chi connectivity index (χ0v) is 23.0. The van der Waals surface area contributed by atoms with Gasteiger partial charge < -0.3 is 14.1 Å². The Labute approximate surface area is 227 Å². The number of piperidine rings is 1. The maximum Gasteiger partial charge on any atom is 0.268 e. The number of sulfone groups is 1. The topological polar surface area (TPSA) is 120 Å². The first-order chi connectivity index (χ1) is 18.7. The lowest BCUT2D eigenvalue weighted by molar-refractivity contribution is 0.242. The Morgan fingerprint density at radius 1 is 1.00 bits per heavy atom. The van der Waals surface area contributed by atoms with E-state index >= 15 is 0 Å². The van der Waals surface area contributed by atoms with E-state index in [4.69, 9.17) is 9.15 Å². The first-order valence-electron chi connectivity index (χ1n) is 12.9. The zero-order chi connectivity index (χ0) is 27.6. The van der Waals surface area contributed by atoms with Gasteiger partial charge in [-0.3, -0.25) is 4.79 Å². The highest BCUT2D eigenvalue weighted by Gasteiger charge is 2.26. The minimum Gasteiger partial charge on any atom is -0.491 e. The van der Waals surface area contributed by atoms with Gasteiger partial charge in [-0.25, -0.2) is 13.1 Å².